The van der Waals surface area contributed by atoms with Crippen LogP contribution < -0.4 is 15.0 Å². The minimum absolute atomic E-state index is 0.120. The van der Waals surface area contributed by atoms with Crippen molar-refractivity contribution in [1.82, 2.24) is 0 Å². The van der Waals surface area contributed by atoms with Gasteiger partial charge in [-0.3, -0.25) is 14.4 Å². The number of para-hydroxylation sites is 1. The van der Waals surface area contributed by atoms with Gasteiger partial charge < -0.3 is 15.0 Å². The largest absolute Gasteiger partial charge is 0.426 e. The van der Waals surface area contributed by atoms with Crippen LogP contribution in [0.4, 0.5) is 11.4 Å². The first kappa shape index (κ1) is 17.3. The second-order valence-electron chi connectivity index (χ2n) is 6.93. The van der Waals surface area contributed by atoms with Gasteiger partial charge in [0, 0.05) is 19.2 Å². The number of carbonyl (C=O) groups excluding carboxylic acids is 3. The molecule has 6 heteroatoms. The summed E-state index contributed by atoms with van der Waals surface area (Å²) in [6.45, 7) is 3.95. The Morgan fingerprint density at radius 2 is 2.00 bits per heavy atom. The zero-order valence-electron chi connectivity index (χ0n) is 15.2. The Morgan fingerprint density at radius 1 is 1.22 bits per heavy atom. The minimum atomic E-state index is -0.482. The highest BCUT2D eigenvalue weighted by Gasteiger charge is 2.38. The lowest BCUT2D eigenvalue weighted by molar-refractivity contribution is -0.131. The van der Waals surface area contributed by atoms with E-state index in [2.05, 4.69) is 5.32 Å². The molecule has 0 aromatic heterocycles. The molecule has 0 spiro atoms. The highest BCUT2D eigenvalue weighted by atomic mass is 16.5. The lowest BCUT2D eigenvalue weighted by Crippen LogP contribution is -2.32. The molecular weight excluding hydrogens is 344 g/mol. The Bertz CT molecular complexity index is 967. The van der Waals surface area contributed by atoms with E-state index >= 15 is 0 Å². The highest BCUT2D eigenvalue weighted by molar-refractivity contribution is 6.09. The number of nitrogens with zero attached hydrogens (tertiary/aromatic N) is 1. The fourth-order valence-corrected chi connectivity index (χ4v) is 3.86. The molecule has 6 nitrogen and oxygen atoms in total. The van der Waals surface area contributed by atoms with Crippen molar-refractivity contribution in [2.75, 3.05) is 16.8 Å². The van der Waals surface area contributed by atoms with Crippen LogP contribution in [0.15, 0.2) is 36.4 Å². The molecule has 2 aromatic carbocycles. The molecule has 2 amide bonds. The Morgan fingerprint density at radius 3 is 2.78 bits per heavy atom. The van der Waals surface area contributed by atoms with Gasteiger partial charge in [-0.15, -0.1) is 0 Å². The van der Waals surface area contributed by atoms with Crippen LogP contribution in [0, 0.1) is 0 Å². The van der Waals surface area contributed by atoms with Gasteiger partial charge >= 0.3 is 5.97 Å². The number of amides is 2. The first-order valence-corrected chi connectivity index (χ1v) is 9.02. The summed E-state index contributed by atoms with van der Waals surface area (Å²) < 4.78 is 5.13. The summed E-state index contributed by atoms with van der Waals surface area (Å²) in [4.78, 5) is 38.4. The molecule has 27 heavy (non-hydrogen) atoms. The van der Waals surface area contributed by atoms with Gasteiger partial charge in [0.25, 0.3) is 5.91 Å². The van der Waals surface area contributed by atoms with Crippen LogP contribution in [-0.2, 0) is 16.0 Å². The van der Waals surface area contributed by atoms with Gasteiger partial charge in [-0.05, 0) is 55.2 Å². The number of hydrogen-bond acceptors (Lipinski definition) is 4. The average molecular weight is 364 g/mol. The molecule has 0 aliphatic carbocycles. The third-order valence-corrected chi connectivity index (χ3v) is 5.06. The second kappa shape index (κ2) is 6.54. The number of rotatable bonds is 3. The number of hydrogen-bond donors (Lipinski definition) is 1. The number of carbonyl (C=O) groups is 3. The molecule has 0 saturated heterocycles. The summed E-state index contributed by atoms with van der Waals surface area (Å²) in [5.74, 6) is -0.704. The Hall–Kier alpha value is -3.15. The normalized spacial score (nSPS) is 17.5. The van der Waals surface area contributed by atoms with Crippen LogP contribution in [0.2, 0.25) is 0 Å². The lowest BCUT2D eigenvalue weighted by Gasteiger charge is -2.26. The zero-order chi connectivity index (χ0) is 19.1. The van der Waals surface area contributed by atoms with Crippen molar-refractivity contribution in [3.8, 4) is 5.75 Å². The first-order chi connectivity index (χ1) is 13.0. The Balaban J connectivity index is 1.66. The molecule has 2 aliphatic heterocycles. The summed E-state index contributed by atoms with van der Waals surface area (Å²) >= 11 is 0. The summed E-state index contributed by atoms with van der Waals surface area (Å²) in [5, 5.41) is 2.89. The van der Waals surface area contributed by atoms with E-state index in [-0.39, 0.29) is 29.0 Å². The molecule has 2 aliphatic rings. The maximum absolute atomic E-state index is 12.8. The molecule has 4 rings (SSSR count). The van der Waals surface area contributed by atoms with Gasteiger partial charge in [-0.25, -0.2) is 0 Å². The fraction of sp³-hybridized carbons (Fsp3) is 0.286. The van der Waals surface area contributed by atoms with Crippen molar-refractivity contribution in [2.24, 2.45) is 0 Å². The van der Waals surface area contributed by atoms with E-state index < -0.39 is 5.97 Å². The molecule has 0 radical (unpaired) electrons. The van der Waals surface area contributed by atoms with Crippen molar-refractivity contribution in [3.63, 3.8) is 0 Å². The van der Waals surface area contributed by atoms with Gasteiger partial charge in [-0.1, -0.05) is 12.1 Å². The standard InChI is InChI=1S/C21H20N2O4/c1-12-17-11-15(10-14-6-5-9-23(19(14)17)21(12)26)22-20(25)16-7-3-4-8-18(16)27-13(2)24/h3-4,7-8,10-12H,5-6,9H2,1-2H3,(H,22,25)/t12-/m0/s1. The number of ether oxygens (including phenoxy) is 1. The van der Waals surface area contributed by atoms with Crippen LogP contribution in [0.1, 0.15) is 47.7 Å². The smallest absolute Gasteiger partial charge is 0.308 e. The van der Waals surface area contributed by atoms with Crippen molar-refractivity contribution < 1.29 is 19.1 Å². The van der Waals surface area contributed by atoms with Gasteiger partial charge in [0.2, 0.25) is 5.91 Å². The topological polar surface area (TPSA) is 75.7 Å². The molecular formula is C21H20N2O4. The Labute approximate surface area is 157 Å². The number of benzene rings is 2. The zero-order valence-corrected chi connectivity index (χ0v) is 15.2. The van der Waals surface area contributed by atoms with E-state index in [4.69, 9.17) is 4.74 Å². The van der Waals surface area contributed by atoms with Gasteiger partial charge in [0.1, 0.15) is 5.75 Å². The molecule has 0 unspecified atom stereocenters. The number of aryl methyl sites for hydroxylation is 1. The van der Waals surface area contributed by atoms with Crippen molar-refractivity contribution in [2.45, 2.75) is 32.6 Å². The minimum Gasteiger partial charge on any atom is -0.426 e. The van der Waals surface area contributed by atoms with Crippen LogP contribution >= 0.6 is 0 Å². The van der Waals surface area contributed by atoms with Crippen LogP contribution in [0.5, 0.6) is 5.75 Å². The quantitative estimate of drug-likeness (QED) is 0.670. The monoisotopic (exact) mass is 364 g/mol. The SMILES string of the molecule is CC(=O)Oc1ccccc1C(=O)Nc1cc2c3c(c1)[C@H](C)C(=O)N3CCC2. The summed E-state index contributed by atoms with van der Waals surface area (Å²) in [5.41, 5.74) is 3.99. The van der Waals surface area contributed by atoms with E-state index in [1.165, 1.54) is 6.92 Å². The van der Waals surface area contributed by atoms with E-state index in [0.29, 0.717) is 5.69 Å². The van der Waals surface area contributed by atoms with E-state index in [1.807, 2.05) is 24.0 Å². The first-order valence-electron chi connectivity index (χ1n) is 9.02. The molecule has 2 aromatic rings. The summed E-state index contributed by atoms with van der Waals surface area (Å²) in [6.07, 6.45) is 1.80. The molecule has 0 bridgehead atoms. The maximum atomic E-state index is 12.8. The molecule has 0 fully saturated rings. The van der Waals surface area contributed by atoms with Crippen LogP contribution in [0.3, 0.4) is 0 Å². The highest BCUT2D eigenvalue weighted by Crippen LogP contribution is 2.44. The van der Waals surface area contributed by atoms with Gasteiger partial charge in [-0.2, -0.15) is 0 Å². The molecule has 1 N–H and O–H groups in total. The predicted octanol–water partition coefficient (Wildman–Crippen LogP) is 3.26. The Kier molecular flexibility index (Phi) is 4.18. The van der Waals surface area contributed by atoms with Gasteiger partial charge in [0.05, 0.1) is 17.2 Å². The van der Waals surface area contributed by atoms with Gasteiger partial charge in [0.15, 0.2) is 0 Å². The third kappa shape index (κ3) is 2.97. The predicted molar refractivity (Wildman–Crippen MR) is 101 cm³/mol. The van der Waals surface area contributed by atoms with E-state index in [1.54, 1.807) is 24.3 Å². The summed E-state index contributed by atoms with van der Waals surface area (Å²) in [7, 11) is 0. The third-order valence-electron chi connectivity index (χ3n) is 5.06. The van der Waals surface area contributed by atoms with Crippen molar-refractivity contribution >= 4 is 29.2 Å². The maximum Gasteiger partial charge on any atom is 0.308 e. The van der Waals surface area contributed by atoms with E-state index in [9.17, 15) is 14.4 Å². The molecule has 138 valence electrons. The van der Waals surface area contributed by atoms with E-state index in [0.717, 1.165) is 36.2 Å². The number of nitrogens with one attached hydrogen (secondary N) is 1. The van der Waals surface area contributed by atoms with Crippen LogP contribution in [0.25, 0.3) is 0 Å². The number of esters is 1. The van der Waals surface area contributed by atoms with Crippen LogP contribution in [-0.4, -0.2) is 24.3 Å². The van der Waals surface area contributed by atoms with Crippen molar-refractivity contribution in [3.05, 3.63) is 53.1 Å². The average Bonchev–Trinajstić information content (AvgIpc) is 2.88. The fourth-order valence-electron chi connectivity index (χ4n) is 3.86. The molecule has 0 saturated carbocycles. The lowest BCUT2D eigenvalue weighted by atomic mass is 9.96. The second-order valence-corrected chi connectivity index (χ2v) is 6.93. The molecule has 1 atom stereocenters. The summed E-state index contributed by atoms with van der Waals surface area (Å²) in [6, 6.07) is 10.4. The molecule has 2 heterocycles. The van der Waals surface area contributed by atoms with Crippen molar-refractivity contribution in [1.29, 1.82) is 0 Å². The number of anilines is 2.